The molecular weight excluding hydrogens is 258 g/mol. The number of carbonyl (C=O) groups is 1. The van der Waals surface area contributed by atoms with E-state index in [0.29, 0.717) is 11.5 Å². The lowest BCUT2D eigenvalue weighted by Crippen LogP contribution is -2.36. The highest BCUT2D eigenvalue weighted by Gasteiger charge is 2.27. The highest BCUT2D eigenvalue weighted by molar-refractivity contribution is 5.75. The molecule has 1 aromatic rings. The van der Waals surface area contributed by atoms with E-state index in [2.05, 4.69) is 0 Å². The molecule has 1 saturated heterocycles. The van der Waals surface area contributed by atoms with Gasteiger partial charge in [0.05, 0.1) is 0 Å². The van der Waals surface area contributed by atoms with Gasteiger partial charge in [-0.25, -0.2) is 0 Å². The Kier molecular flexibility index (Phi) is 4.98. The Morgan fingerprint density at radius 2 is 2.15 bits per heavy atom. The van der Waals surface area contributed by atoms with Crippen LogP contribution in [-0.4, -0.2) is 47.9 Å². The summed E-state index contributed by atoms with van der Waals surface area (Å²) in [7, 11) is 1.82. The summed E-state index contributed by atoms with van der Waals surface area (Å²) >= 11 is 0. The van der Waals surface area contributed by atoms with Gasteiger partial charge in [-0.1, -0.05) is 12.1 Å². The normalized spacial score (nSPS) is 18.1. The number of ether oxygens (including phenoxy) is 1. The van der Waals surface area contributed by atoms with Crippen LogP contribution in [0.3, 0.4) is 0 Å². The largest absolute Gasteiger partial charge is 0.508 e. The minimum absolute atomic E-state index is 0.0909. The van der Waals surface area contributed by atoms with E-state index < -0.39 is 12.0 Å². The summed E-state index contributed by atoms with van der Waals surface area (Å²) < 4.78 is 5.32. The summed E-state index contributed by atoms with van der Waals surface area (Å²) in [4.78, 5) is 13.4. The van der Waals surface area contributed by atoms with Crippen LogP contribution in [0.25, 0.3) is 0 Å². The Labute approximate surface area is 118 Å². The predicted octanol–water partition coefficient (Wildman–Crippen LogP) is 1.88. The van der Waals surface area contributed by atoms with Crippen molar-refractivity contribution in [2.24, 2.45) is 5.92 Å². The van der Waals surface area contributed by atoms with Gasteiger partial charge < -0.3 is 14.9 Å². The fourth-order valence-corrected chi connectivity index (χ4v) is 2.72. The van der Waals surface area contributed by atoms with Gasteiger partial charge in [-0.15, -0.1) is 0 Å². The number of phenols is 1. The molecule has 20 heavy (non-hydrogen) atoms. The van der Waals surface area contributed by atoms with Crippen LogP contribution in [0, 0.1) is 5.92 Å². The fraction of sp³-hybridized carbons (Fsp3) is 0.533. The van der Waals surface area contributed by atoms with Crippen LogP contribution >= 0.6 is 0 Å². The summed E-state index contributed by atoms with van der Waals surface area (Å²) in [6, 6.07) is 5.73. The molecule has 5 heteroatoms. The van der Waals surface area contributed by atoms with Gasteiger partial charge in [-0.3, -0.25) is 9.69 Å². The third kappa shape index (κ3) is 3.71. The molecule has 0 saturated carbocycles. The van der Waals surface area contributed by atoms with Crippen molar-refractivity contribution in [3.8, 4) is 5.75 Å². The molecule has 1 heterocycles. The van der Waals surface area contributed by atoms with E-state index in [4.69, 9.17) is 4.74 Å². The third-order valence-corrected chi connectivity index (χ3v) is 3.75. The summed E-state index contributed by atoms with van der Waals surface area (Å²) in [5.74, 6) is -0.341. The summed E-state index contributed by atoms with van der Waals surface area (Å²) in [6.45, 7) is 2.22. The van der Waals surface area contributed by atoms with E-state index in [1.54, 1.807) is 18.2 Å². The number of aliphatic carboxylic acids is 1. The number of nitrogens with zero attached hydrogens (tertiary/aromatic N) is 1. The lowest BCUT2D eigenvalue weighted by molar-refractivity contribution is -0.143. The van der Waals surface area contributed by atoms with Crippen molar-refractivity contribution in [1.29, 1.82) is 0 Å². The van der Waals surface area contributed by atoms with Gasteiger partial charge in [0.15, 0.2) is 0 Å². The number of aromatic hydroxyl groups is 1. The molecule has 0 bridgehead atoms. The van der Waals surface area contributed by atoms with Crippen LogP contribution in [0.5, 0.6) is 5.75 Å². The number of carboxylic acid groups (broad SMARTS) is 1. The average molecular weight is 279 g/mol. The molecule has 0 spiro atoms. The predicted molar refractivity (Wildman–Crippen MR) is 74.7 cm³/mol. The second kappa shape index (κ2) is 6.72. The van der Waals surface area contributed by atoms with Crippen molar-refractivity contribution in [3.05, 3.63) is 29.8 Å². The van der Waals surface area contributed by atoms with E-state index in [1.165, 1.54) is 6.07 Å². The Bertz CT molecular complexity index is 457. The highest BCUT2D eigenvalue weighted by atomic mass is 16.5. The summed E-state index contributed by atoms with van der Waals surface area (Å²) in [6.07, 6.45) is 1.94. The quantitative estimate of drug-likeness (QED) is 0.861. The van der Waals surface area contributed by atoms with Crippen molar-refractivity contribution in [2.45, 2.75) is 18.9 Å². The number of benzene rings is 1. The number of likely N-dealkylation sites (N-methyl/N-ethyl adjacent to an activating group) is 1. The SMILES string of the molecule is CN(CC1CCOCC1)[C@@H](C(=O)O)c1cccc(O)c1. The number of hydrogen-bond acceptors (Lipinski definition) is 4. The minimum Gasteiger partial charge on any atom is -0.508 e. The zero-order valence-corrected chi connectivity index (χ0v) is 11.7. The molecule has 1 fully saturated rings. The number of phenolic OH excluding ortho intramolecular Hbond substituents is 1. The summed E-state index contributed by atoms with van der Waals surface area (Å²) in [5.41, 5.74) is 0.604. The maximum atomic E-state index is 11.5. The third-order valence-electron chi connectivity index (χ3n) is 3.75. The standard InChI is InChI=1S/C15H21NO4/c1-16(10-11-5-7-20-8-6-11)14(15(18)19)12-3-2-4-13(17)9-12/h2-4,9,11,14,17H,5-8,10H2,1H3,(H,18,19)/t14-/m1/s1. The molecular formula is C15H21NO4. The smallest absolute Gasteiger partial charge is 0.325 e. The van der Waals surface area contributed by atoms with Crippen molar-refractivity contribution < 1.29 is 19.7 Å². The maximum Gasteiger partial charge on any atom is 0.325 e. The first-order valence-electron chi connectivity index (χ1n) is 6.87. The second-order valence-corrected chi connectivity index (χ2v) is 5.33. The molecule has 1 aliphatic rings. The van der Waals surface area contributed by atoms with Crippen LogP contribution in [-0.2, 0) is 9.53 Å². The van der Waals surface area contributed by atoms with E-state index in [1.807, 2.05) is 11.9 Å². The number of carboxylic acids is 1. The van der Waals surface area contributed by atoms with Gasteiger partial charge in [0.25, 0.3) is 0 Å². The minimum atomic E-state index is -0.898. The summed E-state index contributed by atoms with van der Waals surface area (Å²) in [5, 5.41) is 19.0. The molecule has 0 aromatic heterocycles. The average Bonchev–Trinajstić information content (AvgIpc) is 2.39. The molecule has 110 valence electrons. The Hall–Kier alpha value is -1.59. The van der Waals surface area contributed by atoms with Crippen molar-refractivity contribution in [2.75, 3.05) is 26.8 Å². The first-order chi connectivity index (χ1) is 9.58. The van der Waals surface area contributed by atoms with Crippen molar-refractivity contribution in [3.63, 3.8) is 0 Å². The monoisotopic (exact) mass is 279 g/mol. The van der Waals surface area contributed by atoms with Gasteiger partial charge in [0.1, 0.15) is 11.8 Å². The Morgan fingerprint density at radius 3 is 2.75 bits per heavy atom. The Balaban J connectivity index is 2.09. The van der Waals surface area contributed by atoms with Crippen LogP contribution in [0.4, 0.5) is 0 Å². The zero-order valence-electron chi connectivity index (χ0n) is 11.7. The van der Waals surface area contributed by atoms with E-state index in [-0.39, 0.29) is 5.75 Å². The molecule has 1 aromatic carbocycles. The van der Waals surface area contributed by atoms with Gasteiger partial charge in [0.2, 0.25) is 0 Å². The topological polar surface area (TPSA) is 70.0 Å². The lowest BCUT2D eigenvalue weighted by Gasteiger charge is -2.31. The fourth-order valence-electron chi connectivity index (χ4n) is 2.72. The van der Waals surface area contributed by atoms with Gasteiger partial charge in [0, 0.05) is 19.8 Å². The molecule has 0 aliphatic carbocycles. The molecule has 0 radical (unpaired) electrons. The molecule has 5 nitrogen and oxygen atoms in total. The molecule has 0 unspecified atom stereocenters. The van der Waals surface area contributed by atoms with Crippen LogP contribution < -0.4 is 0 Å². The van der Waals surface area contributed by atoms with E-state index in [9.17, 15) is 15.0 Å². The molecule has 1 aliphatic heterocycles. The lowest BCUT2D eigenvalue weighted by atomic mass is 9.97. The number of rotatable bonds is 5. The van der Waals surface area contributed by atoms with Crippen LogP contribution in [0.2, 0.25) is 0 Å². The van der Waals surface area contributed by atoms with Gasteiger partial charge >= 0.3 is 5.97 Å². The molecule has 1 atom stereocenters. The molecule has 0 amide bonds. The van der Waals surface area contributed by atoms with E-state index >= 15 is 0 Å². The van der Waals surface area contributed by atoms with Crippen molar-refractivity contribution in [1.82, 2.24) is 4.90 Å². The first kappa shape index (κ1) is 14.8. The first-order valence-corrected chi connectivity index (χ1v) is 6.87. The highest BCUT2D eigenvalue weighted by Crippen LogP contribution is 2.25. The Morgan fingerprint density at radius 1 is 1.45 bits per heavy atom. The zero-order chi connectivity index (χ0) is 14.5. The second-order valence-electron chi connectivity index (χ2n) is 5.33. The van der Waals surface area contributed by atoms with Crippen LogP contribution in [0.1, 0.15) is 24.4 Å². The number of hydrogen-bond donors (Lipinski definition) is 2. The van der Waals surface area contributed by atoms with Crippen molar-refractivity contribution >= 4 is 5.97 Å². The molecule has 2 rings (SSSR count). The van der Waals surface area contributed by atoms with E-state index in [0.717, 1.165) is 32.6 Å². The maximum absolute atomic E-state index is 11.5. The van der Waals surface area contributed by atoms with Gasteiger partial charge in [-0.2, -0.15) is 0 Å². The molecule has 2 N–H and O–H groups in total. The van der Waals surface area contributed by atoms with Crippen LogP contribution in [0.15, 0.2) is 24.3 Å². The van der Waals surface area contributed by atoms with Gasteiger partial charge in [-0.05, 0) is 43.5 Å².